The molecule has 2 aromatic rings. The maximum atomic E-state index is 12.7. The number of nitriles is 1. The molecule has 126 valence electrons. The molecule has 7 heteroatoms. The van der Waals surface area contributed by atoms with Gasteiger partial charge in [-0.2, -0.15) is 5.26 Å². The molecule has 0 unspecified atom stereocenters. The average molecular weight is 346 g/mol. The van der Waals surface area contributed by atoms with Crippen molar-refractivity contribution in [3.8, 4) is 6.07 Å². The molecule has 0 spiro atoms. The lowest BCUT2D eigenvalue weighted by atomic mass is 10.1. The normalized spacial score (nSPS) is 11.0. The van der Waals surface area contributed by atoms with Crippen molar-refractivity contribution in [2.45, 2.75) is 31.1 Å². The van der Waals surface area contributed by atoms with E-state index in [1.165, 1.54) is 25.4 Å². The molecule has 1 heterocycles. The summed E-state index contributed by atoms with van der Waals surface area (Å²) < 4.78 is 31.0. The van der Waals surface area contributed by atoms with E-state index in [-0.39, 0.29) is 23.0 Å². The largest absolute Gasteiger partial charge is 0.469 e. The van der Waals surface area contributed by atoms with Gasteiger partial charge in [0.25, 0.3) is 10.0 Å². The second-order valence-corrected chi connectivity index (χ2v) is 7.16. The Labute approximate surface area is 141 Å². The number of hydrogen-bond donors (Lipinski definition) is 0. The van der Waals surface area contributed by atoms with E-state index in [4.69, 9.17) is 0 Å². The Morgan fingerprint density at radius 2 is 1.92 bits per heavy atom. The molecule has 0 aliphatic rings. The standard InChI is InChI=1S/C17H18N2O4S/c1-13-6-8-15(9-7-13)24(21,22)19-11-10-14(16(19)12-18)4-3-5-17(20)23-2/h6-11H,3-5H2,1-2H3. The van der Waals surface area contributed by atoms with Crippen molar-refractivity contribution in [1.82, 2.24) is 3.97 Å². The van der Waals surface area contributed by atoms with Crippen LogP contribution in [0, 0.1) is 18.3 Å². The number of ether oxygens (including phenoxy) is 1. The highest BCUT2D eigenvalue weighted by Crippen LogP contribution is 2.21. The molecule has 0 atom stereocenters. The molecule has 0 aliphatic carbocycles. The van der Waals surface area contributed by atoms with Crippen molar-refractivity contribution in [2.75, 3.05) is 7.11 Å². The number of aromatic nitrogens is 1. The molecular formula is C17H18N2O4S. The average Bonchev–Trinajstić information content (AvgIpc) is 2.98. The fourth-order valence-corrected chi connectivity index (χ4v) is 3.65. The minimum absolute atomic E-state index is 0.0699. The van der Waals surface area contributed by atoms with Gasteiger partial charge < -0.3 is 4.74 Å². The van der Waals surface area contributed by atoms with E-state index in [1.807, 2.05) is 13.0 Å². The van der Waals surface area contributed by atoms with Crippen LogP contribution in [-0.4, -0.2) is 25.5 Å². The summed E-state index contributed by atoms with van der Waals surface area (Å²) in [6.07, 6.45) is 2.50. The fourth-order valence-electron chi connectivity index (χ4n) is 2.32. The summed E-state index contributed by atoms with van der Waals surface area (Å²) in [5, 5.41) is 9.37. The molecule has 24 heavy (non-hydrogen) atoms. The van der Waals surface area contributed by atoms with Crippen LogP contribution >= 0.6 is 0 Å². The molecule has 0 aliphatic heterocycles. The highest BCUT2D eigenvalue weighted by atomic mass is 32.2. The maximum absolute atomic E-state index is 12.7. The number of methoxy groups -OCH3 is 1. The third kappa shape index (κ3) is 3.66. The van der Waals surface area contributed by atoms with Gasteiger partial charge >= 0.3 is 5.97 Å². The number of carbonyl (C=O) groups is 1. The second-order valence-electron chi connectivity index (χ2n) is 5.34. The lowest BCUT2D eigenvalue weighted by Gasteiger charge is -2.08. The van der Waals surface area contributed by atoms with E-state index in [0.29, 0.717) is 18.4 Å². The maximum Gasteiger partial charge on any atom is 0.305 e. The number of aryl methyl sites for hydroxylation is 2. The summed E-state index contributed by atoms with van der Waals surface area (Å²) in [7, 11) is -2.51. The Bertz CT molecular complexity index is 874. The lowest BCUT2D eigenvalue weighted by molar-refractivity contribution is -0.140. The fraction of sp³-hybridized carbons (Fsp3) is 0.294. The Kier molecular flexibility index (Phi) is 5.42. The summed E-state index contributed by atoms with van der Waals surface area (Å²) in [6.45, 7) is 1.87. The SMILES string of the molecule is COC(=O)CCCc1ccn(S(=O)(=O)c2ccc(C)cc2)c1C#N. The van der Waals surface area contributed by atoms with E-state index in [9.17, 15) is 18.5 Å². The van der Waals surface area contributed by atoms with Crippen LogP contribution in [-0.2, 0) is 26.0 Å². The topological polar surface area (TPSA) is 89.2 Å². The molecule has 1 aromatic carbocycles. The number of nitrogens with zero attached hydrogens (tertiary/aromatic N) is 2. The highest BCUT2D eigenvalue weighted by Gasteiger charge is 2.22. The van der Waals surface area contributed by atoms with Gasteiger partial charge in [0.05, 0.1) is 12.0 Å². The van der Waals surface area contributed by atoms with Crippen LogP contribution in [0.2, 0.25) is 0 Å². The highest BCUT2D eigenvalue weighted by molar-refractivity contribution is 7.90. The lowest BCUT2D eigenvalue weighted by Crippen LogP contribution is -2.14. The molecule has 0 saturated carbocycles. The van der Waals surface area contributed by atoms with E-state index >= 15 is 0 Å². The Morgan fingerprint density at radius 3 is 2.50 bits per heavy atom. The number of benzene rings is 1. The van der Waals surface area contributed by atoms with E-state index in [0.717, 1.165) is 9.54 Å². The van der Waals surface area contributed by atoms with Gasteiger partial charge in [-0.15, -0.1) is 0 Å². The van der Waals surface area contributed by atoms with Crippen LogP contribution in [0.3, 0.4) is 0 Å². The van der Waals surface area contributed by atoms with Crippen molar-refractivity contribution in [3.63, 3.8) is 0 Å². The smallest absolute Gasteiger partial charge is 0.305 e. The van der Waals surface area contributed by atoms with Crippen molar-refractivity contribution >= 4 is 16.0 Å². The predicted octanol–water partition coefficient (Wildman–Crippen LogP) is 2.40. The Morgan fingerprint density at radius 1 is 1.25 bits per heavy atom. The van der Waals surface area contributed by atoms with Crippen LogP contribution in [0.25, 0.3) is 0 Å². The molecule has 6 nitrogen and oxygen atoms in total. The van der Waals surface area contributed by atoms with Crippen molar-refractivity contribution in [3.05, 3.63) is 53.3 Å². The quantitative estimate of drug-likeness (QED) is 0.749. The van der Waals surface area contributed by atoms with Crippen molar-refractivity contribution in [2.24, 2.45) is 0 Å². The number of carbonyl (C=O) groups excluding carboxylic acids is 1. The molecule has 1 aromatic heterocycles. The zero-order valence-corrected chi connectivity index (χ0v) is 14.3. The summed E-state index contributed by atoms with van der Waals surface area (Å²) in [6, 6.07) is 10.00. The third-order valence-electron chi connectivity index (χ3n) is 3.67. The van der Waals surface area contributed by atoms with Crippen molar-refractivity contribution in [1.29, 1.82) is 5.26 Å². The first kappa shape index (κ1) is 17.8. The predicted molar refractivity (Wildman–Crippen MR) is 87.9 cm³/mol. The van der Waals surface area contributed by atoms with E-state index in [1.54, 1.807) is 18.2 Å². The van der Waals surface area contributed by atoms with Crippen LogP contribution in [0.4, 0.5) is 0 Å². The number of hydrogen-bond acceptors (Lipinski definition) is 5. The van der Waals surface area contributed by atoms with E-state index in [2.05, 4.69) is 4.74 Å². The minimum Gasteiger partial charge on any atom is -0.469 e. The molecule has 0 bridgehead atoms. The first-order chi connectivity index (χ1) is 11.4. The summed E-state index contributed by atoms with van der Waals surface area (Å²) in [5.41, 5.74) is 1.61. The summed E-state index contributed by atoms with van der Waals surface area (Å²) >= 11 is 0. The van der Waals surface area contributed by atoms with Crippen LogP contribution in [0.1, 0.15) is 29.7 Å². The second kappa shape index (κ2) is 7.32. The minimum atomic E-state index is -3.82. The molecule has 0 fully saturated rings. The Hall–Kier alpha value is -2.59. The molecule has 0 radical (unpaired) electrons. The van der Waals surface area contributed by atoms with Gasteiger partial charge in [0.2, 0.25) is 0 Å². The molecule has 2 rings (SSSR count). The van der Waals surface area contributed by atoms with E-state index < -0.39 is 10.0 Å². The monoisotopic (exact) mass is 346 g/mol. The van der Waals surface area contributed by atoms with Crippen molar-refractivity contribution < 1.29 is 17.9 Å². The zero-order chi connectivity index (χ0) is 17.7. The van der Waals surface area contributed by atoms with Crippen LogP contribution in [0.5, 0.6) is 0 Å². The third-order valence-corrected chi connectivity index (χ3v) is 5.36. The summed E-state index contributed by atoms with van der Waals surface area (Å²) in [4.78, 5) is 11.3. The molecule has 0 amide bonds. The number of rotatable bonds is 6. The molecule has 0 saturated heterocycles. The van der Waals surface area contributed by atoms with Gasteiger partial charge in [-0.05, 0) is 43.5 Å². The van der Waals surface area contributed by atoms with Gasteiger partial charge in [-0.3, -0.25) is 4.79 Å². The Balaban J connectivity index is 2.30. The molecule has 0 N–H and O–H groups in total. The van der Waals surface area contributed by atoms with Gasteiger partial charge in [-0.1, -0.05) is 17.7 Å². The first-order valence-electron chi connectivity index (χ1n) is 7.39. The van der Waals surface area contributed by atoms with Gasteiger partial charge in [0.1, 0.15) is 11.8 Å². The molecular weight excluding hydrogens is 328 g/mol. The summed E-state index contributed by atoms with van der Waals surface area (Å²) in [5.74, 6) is -0.333. The first-order valence-corrected chi connectivity index (χ1v) is 8.83. The zero-order valence-electron chi connectivity index (χ0n) is 13.5. The van der Waals surface area contributed by atoms with Gasteiger partial charge in [-0.25, -0.2) is 12.4 Å². The van der Waals surface area contributed by atoms with Gasteiger partial charge in [0.15, 0.2) is 0 Å². The van der Waals surface area contributed by atoms with Gasteiger partial charge in [0, 0.05) is 12.6 Å². The van der Waals surface area contributed by atoms with Crippen LogP contribution < -0.4 is 0 Å². The van der Waals surface area contributed by atoms with Crippen LogP contribution in [0.15, 0.2) is 41.4 Å². The number of esters is 1.